The van der Waals surface area contributed by atoms with Crippen LogP contribution in [0.4, 0.5) is 0 Å². The van der Waals surface area contributed by atoms with E-state index in [9.17, 15) is 0 Å². The molecule has 272 valence electrons. The van der Waals surface area contributed by atoms with Gasteiger partial charge in [0.25, 0.3) is 0 Å². The molecule has 2 atom stereocenters. The Balaban J connectivity index is 1.09. The summed E-state index contributed by atoms with van der Waals surface area (Å²) < 4.78 is 7.42. The molecule has 4 nitrogen and oxygen atoms in total. The van der Waals surface area contributed by atoms with Crippen LogP contribution in [0, 0.1) is 0 Å². The van der Waals surface area contributed by atoms with E-state index >= 15 is 0 Å². The highest BCUT2D eigenvalue weighted by atomic mass is 15.1. The van der Waals surface area contributed by atoms with Crippen molar-refractivity contribution in [2.75, 3.05) is 0 Å². The average Bonchev–Trinajstić information content (AvgIpc) is 4.02. The van der Waals surface area contributed by atoms with Crippen LogP contribution < -0.4 is 5.32 Å². The fourth-order valence-corrected chi connectivity index (χ4v) is 9.93. The van der Waals surface area contributed by atoms with Gasteiger partial charge in [-0.2, -0.15) is 0 Å². The SMILES string of the molecule is C1=CC(C2C=C(n3ccc4c3-c3ccn(-c5ccccc5)c3C3CC=C(n5c6ccccc6c6ccc7ccccc7c65)C=C43)C=C(c3ccccc3)N2)=CCC1. The number of para-hydroxylation sites is 2. The van der Waals surface area contributed by atoms with Crippen molar-refractivity contribution in [1.82, 2.24) is 19.0 Å². The first-order valence-corrected chi connectivity index (χ1v) is 20.2. The lowest BCUT2D eigenvalue weighted by Gasteiger charge is -2.33. The number of nitrogens with one attached hydrogen (secondary N) is 1. The molecule has 0 radical (unpaired) electrons. The predicted molar refractivity (Wildman–Crippen MR) is 238 cm³/mol. The molecule has 12 rings (SSSR count). The maximum atomic E-state index is 3.89. The van der Waals surface area contributed by atoms with Gasteiger partial charge < -0.3 is 19.0 Å². The van der Waals surface area contributed by atoms with Gasteiger partial charge in [0.05, 0.1) is 22.8 Å². The molecular formula is C53H40N4. The topological polar surface area (TPSA) is 26.8 Å². The minimum absolute atomic E-state index is 0.0630. The molecule has 0 bridgehead atoms. The Morgan fingerprint density at radius 2 is 1.37 bits per heavy atom. The summed E-state index contributed by atoms with van der Waals surface area (Å²) in [6.45, 7) is 0. The minimum Gasteiger partial charge on any atom is -0.374 e. The Morgan fingerprint density at radius 1 is 0.596 bits per heavy atom. The molecule has 2 unspecified atom stereocenters. The summed E-state index contributed by atoms with van der Waals surface area (Å²) in [5.41, 5.74) is 16.3. The molecule has 0 saturated carbocycles. The van der Waals surface area contributed by atoms with Crippen LogP contribution >= 0.6 is 0 Å². The molecular weight excluding hydrogens is 693 g/mol. The van der Waals surface area contributed by atoms with Gasteiger partial charge in [0.1, 0.15) is 0 Å². The van der Waals surface area contributed by atoms with Crippen LogP contribution in [0.25, 0.3) is 72.2 Å². The van der Waals surface area contributed by atoms with E-state index in [4.69, 9.17) is 0 Å². The lowest BCUT2D eigenvalue weighted by Crippen LogP contribution is -2.31. The fourth-order valence-electron chi connectivity index (χ4n) is 9.93. The summed E-state index contributed by atoms with van der Waals surface area (Å²) >= 11 is 0. The van der Waals surface area contributed by atoms with Crippen molar-refractivity contribution in [2.45, 2.75) is 31.2 Å². The van der Waals surface area contributed by atoms with Crippen molar-refractivity contribution >= 4 is 55.2 Å². The Kier molecular flexibility index (Phi) is 7.21. The van der Waals surface area contributed by atoms with Crippen LogP contribution in [0.5, 0.6) is 0 Å². The standard InChI is InChI=1S/C53H40N4/c1-4-15-36(16-5-1)48-33-40(34-49(54-48)37-17-6-2-7-18-37)56-30-28-45-47-32-39(25-27-44(47)51-46(52(45)56)29-31-55(51)38-19-8-3-9-20-38)57-50-23-13-12-22-42(50)43-26-24-35-14-10-11-21-41(35)53(43)57/h1,3-6,8-26,28-34,44,49,54H,2,7,27H2. The molecule has 0 amide bonds. The Hall–Kier alpha value is -7.04. The van der Waals surface area contributed by atoms with Crippen LogP contribution in [0.1, 0.15) is 42.0 Å². The largest absolute Gasteiger partial charge is 0.374 e. The highest BCUT2D eigenvalue weighted by Crippen LogP contribution is 2.53. The first-order chi connectivity index (χ1) is 28.3. The molecule has 8 aromatic rings. The third-order valence-electron chi connectivity index (χ3n) is 12.5. The van der Waals surface area contributed by atoms with E-state index in [0.717, 1.165) is 25.0 Å². The number of aromatic nitrogens is 3. The highest BCUT2D eigenvalue weighted by Gasteiger charge is 2.37. The molecule has 0 spiro atoms. The summed E-state index contributed by atoms with van der Waals surface area (Å²) in [5.74, 6) is 0.204. The molecule has 1 N–H and O–H groups in total. The smallest absolute Gasteiger partial charge is 0.0718 e. The second kappa shape index (κ2) is 12.8. The quantitative estimate of drug-likeness (QED) is 0.187. The van der Waals surface area contributed by atoms with E-state index in [1.165, 1.54) is 88.9 Å². The zero-order valence-electron chi connectivity index (χ0n) is 31.5. The Morgan fingerprint density at radius 3 is 2.23 bits per heavy atom. The van der Waals surface area contributed by atoms with Crippen LogP contribution in [0.3, 0.4) is 0 Å². The molecule has 0 saturated heterocycles. The second-order valence-electron chi connectivity index (χ2n) is 15.6. The van der Waals surface area contributed by atoms with Gasteiger partial charge in [-0.1, -0.05) is 127 Å². The summed E-state index contributed by atoms with van der Waals surface area (Å²) in [6.07, 6.45) is 24.4. The molecule has 4 heterocycles. The van der Waals surface area contributed by atoms with Crippen LogP contribution in [0.15, 0.2) is 194 Å². The third kappa shape index (κ3) is 5.00. The van der Waals surface area contributed by atoms with Crippen LogP contribution in [0.2, 0.25) is 0 Å². The van der Waals surface area contributed by atoms with E-state index in [-0.39, 0.29) is 12.0 Å². The molecule has 0 fully saturated rings. The van der Waals surface area contributed by atoms with Crippen molar-refractivity contribution in [3.63, 3.8) is 0 Å². The van der Waals surface area contributed by atoms with Gasteiger partial charge in [0.2, 0.25) is 0 Å². The summed E-state index contributed by atoms with van der Waals surface area (Å²) in [7, 11) is 0. The van der Waals surface area contributed by atoms with E-state index in [0.29, 0.717) is 0 Å². The van der Waals surface area contributed by atoms with E-state index in [1.54, 1.807) is 0 Å². The maximum Gasteiger partial charge on any atom is 0.0718 e. The first-order valence-electron chi connectivity index (χ1n) is 20.2. The number of fused-ring (bicyclic) bond motifs is 11. The molecule has 3 aromatic heterocycles. The fraction of sp³-hybridized carbons (Fsp3) is 0.0943. The van der Waals surface area contributed by atoms with E-state index in [2.05, 4.69) is 207 Å². The van der Waals surface area contributed by atoms with Crippen LogP contribution in [-0.4, -0.2) is 19.7 Å². The van der Waals surface area contributed by atoms with Crippen molar-refractivity contribution < 1.29 is 0 Å². The van der Waals surface area contributed by atoms with Crippen molar-refractivity contribution in [1.29, 1.82) is 0 Å². The van der Waals surface area contributed by atoms with Gasteiger partial charge in [-0.05, 0) is 89.9 Å². The minimum atomic E-state index is 0.0630. The first kappa shape index (κ1) is 32.2. The molecule has 5 aromatic carbocycles. The molecule has 1 aliphatic heterocycles. The summed E-state index contributed by atoms with van der Waals surface area (Å²) in [6, 6.07) is 48.7. The van der Waals surface area contributed by atoms with Gasteiger partial charge in [-0.15, -0.1) is 0 Å². The zero-order valence-corrected chi connectivity index (χ0v) is 31.5. The molecule has 4 aliphatic rings. The van der Waals surface area contributed by atoms with Gasteiger partial charge in [0, 0.05) is 74.1 Å². The summed E-state index contributed by atoms with van der Waals surface area (Å²) in [5, 5.41) is 9.00. The monoisotopic (exact) mass is 732 g/mol. The van der Waals surface area contributed by atoms with Gasteiger partial charge >= 0.3 is 0 Å². The van der Waals surface area contributed by atoms with Crippen molar-refractivity contribution in [3.05, 3.63) is 211 Å². The number of dihydropyridines is 1. The zero-order chi connectivity index (χ0) is 37.5. The predicted octanol–water partition coefficient (Wildman–Crippen LogP) is 12.8. The molecule has 4 heteroatoms. The number of hydrogen-bond donors (Lipinski definition) is 1. The summed E-state index contributed by atoms with van der Waals surface area (Å²) in [4.78, 5) is 0. The number of hydrogen-bond acceptors (Lipinski definition) is 1. The van der Waals surface area contributed by atoms with Gasteiger partial charge in [-0.3, -0.25) is 0 Å². The lowest BCUT2D eigenvalue weighted by molar-refractivity contribution is 0.789. The van der Waals surface area contributed by atoms with Gasteiger partial charge in [-0.25, -0.2) is 0 Å². The number of nitrogens with zero attached hydrogens (tertiary/aromatic N) is 3. The van der Waals surface area contributed by atoms with Crippen molar-refractivity contribution in [2.24, 2.45) is 0 Å². The lowest BCUT2D eigenvalue weighted by atomic mass is 9.77. The normalized spacial score (nSPS) is 18.6. The van der Waals surface area contributed by atoms with E-state index < -0.39 is 0 Å². The maximum absolute atomic E-state index is 3.89. The van der Waals surface area contributed by atoms with E-state index in [1.807, 2.05) is 0 Å². The Bertz CT molecular complexity index is 3120. The second-order valence-corrected chi connectivity index (χ2v) is 15.6. The molecule has 3 aliphatic carbocycles. The number of allylic oxidation sites excluding steroid dienone is 8. The third-order valence-corrected chi connectivity index (χ3v) is 12.5. The number of benzene rings is 5. The van der Waals surface area contributed by atoms with Crippen LogP contribution in [-0.2, 0) is 0 Å². The average molecular weight is 733 g/mol. The molecule has 57 heavy (non-hydrogen) atoms. The van der Waals surface area contributed by atoms with Crippen molar-refractivity contribution in [3.8, 4) is 16.9 Å². The Labute approximate surface area is 332 Å². The highest BCUT2D eigenvalue weighted by molar-refractivity contribution is 6.19. The number of rotatable bonds is 5. The van der Waals surface area contributed by atoms with Gasteiger partial charge in [0.15, 0.2) is 0 Å².